The number of carbonyl (C=O) groups is 1. The SMILES string of the molecule is O=C(NCCc1c[nH]c2ccccc12)N1CCN(c2cccc3cccnc23)CC1. The van der Waals surface area contributed by atoms with Crippen molar-refractivity contribution in [3.8, 4) is 0 Å². The average Bonchev–Trinajstić information content (AvgIpc) is 3.22. The molecule has 0 unspecified atom stereocenters. The van der Waals surface area contributed by atoms with Crippen molar-refractivity contribution in [3.05, 3.63) is 72.6 Å². The summed E-state index contributed by atoms with van der Waals surface area (Å²) in [6.07, 6.45) is 4.69. The Hall–Kier alpha value is -3.54. The minimum absolute atomic E-state index is 0.0190. The minimum Gasteiger partial charge on any atom is -0.366 e. The van der Waals surface area contributed by atoms with Crippen LogP contribution in [0.2, 0.25) is 0 Å². The highest BCUT2D eigenvalue weighted by Gasteiger charge is 2.22. The zero-order chi connectivity index (χ0) is 20.3. The molecule has 5 rings (SSSR count). The summed E-state index contributed by atoms with van der Waals surface area (Å²) in [6, 6.07) is 18.6. The molecular weight excluding hydrogens is 374 g/mol. The number of pyridine rings is 1. The third kappa shape index (κ3) is 3.56. The lowest BCUT2D eigenvalue weighted by Gasteiger charge is -2.36. The zero-order valence-electron chi connectivity index (χ0n) is 16.8. The van der Waals surface area contributed by atoms with Gasteiger partial charge in [-0.25, -0.2) is 4.79 Å². The van der Waals surface area contributed by atoms with E-state index in [-0.39, 0.29) is 6.03 Å². The summed E-state index contributed by atoms with van der Waals surface area (Å²) in [4.78, 5) is 24.7. The molecule has 6 nitrogen and oxygen atoms in total. The fraction of sp³-hybridized carbons (Fsp3) is 0.250. The Morgan fingerprint density at radius 1 is 1.00 bits per heavy atom. The lowest BCUT2D eigenvalue weighted by molar-refractivity contribution is 0.194. The van der Waals surface area contributed by atoms with Gasteiger partial charge >= 0.3 is 6.03 Å². The molecule has 0 saturated carbocycles. The van der Waals surface area contributed by atoms with E-state index in [0.717, 1.165) is 41.6 Å². The molecule has 30 heavy (non-hydrogen) atoms. The number of anilines is 1. The molecule has 1 fully saturated rings. The number of amides is 2. The van der Waals surface area contributed by atoms with Crippen molar-refractivity contribution in [2.45, 2.75) is 6.42 Å². The van der Waals surface area contributed by atoms with E-state index in [2.05, 4.69) is 56.6 Å². The Kier molecular flexibility index (Phi) is 4.97. The maximum atomic E-state index is 12.6. The Labute approximate surface area is 175 Å². The van der Waals surface area contributed by atoms with Crippen LogP contribution in [-0.4, -0.2) is 53.6 Å². The lowest BCUT2D eigenvalue weighted by Crippen LogP contribution is -2.52. The second-order valence-corrected chi connectivity index (χ2v) is 7.67. The summed E-state index contributed by atoms with van der Waals surface area (Å²) >= 11 is 0. The van der Waals surface area contributed by atoms with Crippen molar-refractivity contribution in [1.82, 2.24) is 20.2 Å². The van der Waals surface area contributed by atoms with Crippen LogP contribution >= 0.6 is 0 Å². The van der Waals surface area contributed by atoms with E-state index in [1.165, 1.54) is 10.9 Å². The molecule has 2 aromatic heterocycles. The van der Waals surface area contributed by atoms with E-state index in [1.54, 1.807) is 0 Å². The van der Waals surface area contributed by atoms with Crippen molar-refractivity contribution in [1.29, 1.82) is 0 Å². The monoisotopic (exact) mass is 399 g/mol. The molecule has 0 bridgehead atoms. The maximum absolute atomic E-state index is 12.6. The molecular formula is C24H25N5O. The molecule has 1 aliphatic heterocycles. The van der Waals surface area contributed by atoms with Crippen LogP contribution in [0.25, 0.3) is 21.8 Å². The normalized spacial score (nSPS) is 14.4. The van der Waals surface area contributed by atoms with Crippen LogP contribution in [0.5, 0.6) is 0 Å². The Morgan fingerprint density at radius 3 is 2.73 bits per heavy atom. The van der Waals surface area contributed by atoms with Gasteiger partial charge in [0.15, 0.2) is 0 Å². The molecule has 0 aliphatic carbocycles. The van der Waals surface area contributed by atoms with Gasteiger partial charge in [-0.2, -0.15) is 0 Å². The lowest BCUT2D eigenvalue weighted by atomic mass is 10.1. The van der Waals surface area contributed by atoms with Gasteiger partial charge in [-0.15, -0.1) is 0 Å². The molecule has 3 heterocycles. The quantitative estimate of drug-likeness (QED) is 0.549. The number of carbonyl (C=O) groups excluding carboxylic acids is 1. The zero-order valence-corrected chi connectivity index (χ0v) is 16.8. The maximum Gasteiger partial charge on any atom is 0.317 e. The summed E-state index contributed by atoms with van der Waals surface area (Å²) < 4.78 is 0. The number of benzene rings is 2. The van der Waals surface area contributed by atoms with Crippen LogP contribution < -0.4 is 10.2 Å². The number of aromatic amines is 1. The number of hydrogen-bond acceptors (Lipinski definition) is 3. The van der Waals surface area contributed by atoms with Gasteiger partial charge in [0.25, 0.3) is 0 Å². The van der Waals surface area contributed by atoms with Gasteiger partial charge in [-0.3, -0.25) is 4.98 Å². The summed E-state index contributed by atoms with van der Waals surface area (Å²) in [5.74, 6) is 0. The molecule has 2 aromatic carbocycles. The van der Waals surface area contributed by atoms with Crippen molar-refractivity contribution in [2.75, 3.05) is 37.6 Å². The average molecular weight is 399 g/mol. The summed E-state index contributed by atoms with van der Waals surface area (Å²) in [7, 11) is 0. The number of nitrogens with zero attached hydrogens (tertiary/aromatic N) is 3. The molecule has 0 atom stereocenters. The van der Waals surface area contributed by atoms with E-state index in [4.69, 9.17) is 0 Å². The Morgan fingerprint density at radius 2 is 1.83 bits per heavy atom. The van der Waals surface area contributed by atoms with Crippen molar-refractivity contribution >= 4 is 33.5 Å². The van der Waals surface area contributed by atoms with Gasteiger partial charge in [0.1, 0.15) is 0 Å². The number of aromatic nitrogens is 2. The number of para-hydroxylation sites is 2. The molecule has 0 spiro atoms. The van der Waals surface area contributed by atoms with E-state index in [1.807, 2.05) is 35.5 Å². The first-order valence-electron chi connectivity index (χ1n) is 10.5. The largest absolute Gasteiger partial charge is 0.366 e. The fourth-order valence-electron chi connectivity index (χ4n) is 4.25. The van der Waals surface area contributed by atoms with Crippen LogP contribution in [0, 0.1) is 0 Å². The molecule has 6 heteroatoms. The minimum atomic E-state index is 0.0190. The number of urea groups is 1. The van der Waals surface area contributed by atoms with Crippen LogP contribution in [0.3, 0.4) is 0 Å². The van der Waals surface area contributed by atoms with Gasteiger partial charge in [0.05, 0.1) is 11.2 Å². The predicted molar refractivity (Wildman–Crippen MR) is 121 cm³/mol. The van der Waals surface area contributed by atoms with E-state index in [9.17, 15) is 4.79 Å². The number of piperazine rings is 1. The van der Waals surface area contributed by atoms with Gasteiger partial charge in [-0.05, 0) is 30.2 Å². The molecule has 152 valence electrons. The highest BCUT2D eigenvalue weighted by atomic mass is 16.2. The highest BCUT2D eigenvalue weighted by molar-refractivity contribution is 5.90. The first-order valence-corrected chi connectivity index (χ1v) is 10.5. The highest BCUT2D eigenvalue weighted by Crippen LogP contribution is 2.25. The van der Waals surface area contributed by atoms with Crippen LogP contribution in [0.1, 0.15) is 5.56 Å². The summed E-state index contributed by atoms with van der Waals surface area (Å²) in [5, 5.41) is 5.45. The Bertz CT molecular complexity index is 1170. The molecule has 0 radical (unpaired) electrons. The van der Waals surface area contributed by atoms with Crippen LogP contribution in [0.15, 0.2) is 67.0 Å². The second-order valence-electron chi connectivity index (χ2n) is 7.67. The van der Waals surface area contributed by atoms with Gasteiger partial charge in [0.2, 0.25) is 0 Å². The summed E-state index contributed by atoms with van der Waals surface area (Å²) in [5.41, 5.74) is 4.54. The number of nitrogens with one attached hydrogen (secondary N) is 2. The summed E-state index contributed by atoms with van der Waals surface area (Å²) in [6.45, 7) is 3.68. The predicted octanol–water partition coefficient (Wildman–Crippen LogP) is 3.79. The standard InChI is InChI=1S/C24H25N5O/c30-24(26-12-10-19-17-27-21-8-2-1-7-20(19)21)29-15-13-28(14-16-29)22-9-3-5-18-6-4-11-25-23(18)22/h1-9,11,17,27H,10,12-16H2,(H,26,30). The Balaban J connectivity index is 1.16. The molecule has 2 N–H and O–H groups in total. The number of fused-ring (bicyclic) bond motifs is 2. The molecule has 4 aromatic rings. The van der Waals surface area contributed by atoms with E-state index < -0.39 is 0 Å². The van der Waals surface area contributed by atoms with Crippen molar-refractivity contribution in [3.63, 3.8) is 0 Å². The first-order chi connectivity index (χ1) is 14.8. The van der Waals surface area contributed by atoms with Crippen molar-refractivity contribution < 1.29 is 4.79 Å². The first kappa shape index (κ1) is 18.5. The van der Waals surface area contributed by atoms with Gasteiger partial charge in [-0.1, -0.05) is 36.4 Å². The number of H-pyrrole nitrogens is 1. The number of rotatable bonds is 4. The van der Waals surface area contributed by atoms with Crippen LogP contribution in [0.4, 0.5) is 10.5 Å². The second kappa shape index (κ2) is 8.06. The van der Waals surface area contributed by atoms with E-state index in [0.29, 0.717) is 19.6 Å². The molecule has 2 amide bonds. The van der Waals surface area contributed by atoms with Crippen LogP contribution in [-0.2, 0) is 6.42 Å². The molecule has 1 saturated heterocycles. The third-order valence-corrected chi connectivity index (χ3v) is 5.86. The van der Waals surface area contributed by atoms with Crippen molar-refractivity contribution in [2.24, 2.45) is 0 Å². The fourth-order valence-corrected chi connectivity index (χ4v) is 4.25. The topological polar surface area (TPSA) is 64.3 Å². The number of hydrogen-bond donors (Lipinski definition) is 2. The van der Waals surface area contributed by atoms with Gasteiger partial charge < -0.3 is 20.1 Å². The molecule has 1 aliphatic rings. The van der Waals surface area contributed by atoms with E-state index >= 15 is 0 Å². The van der Waals surface area contributed by atoms with Gasteiger partial charge in [0, 0.05) is 61.4 Å². The smallest absolute Gasteiger partial charge is 0.317 e. The third-order valence-electron chi connectivity index (χ3n) is 5.86.